The third-order valence-corrected chi connectivity index (χ3v) is 17.3. The summed E-state index contributed by atoms with van der Waals surface area (Å²) >= 11 is 0. The first-order valence-electron chi connectivity index (χ1n) is 22.3. The van der Waals surface area contributed by atoms with E-state index in [2.05, 4.69) is 10.2 Å². The number of aromatic nitrogens is 2. The van der Waals surface area contributed by atoms with Crippen LogP contribution < -0.4 is 44.8 Å². The zero-order valence-corrected chi connectivity index (χ0v) is 45.8. The Morgan fingerprint density at radius 1 is 0.547 bits per heavy atom. The number of rotatable bonds is 17. The van der Waals surface area contributed by atoms with E-state index in [1.54, 1.807) is 109 Å². The van der Waals surface area contributed by atoms with Crippen molar-refractivity contribution in [3.05, 3.63) is 197 Å². The summed E-state index contributed by atoms with van der Waals surface area (Å²) < 4.78 is 124. The molecule has 0 unspecified atom stereocenters. The second-order valence-electron chi connectivity index (χ2n) is 16.3. The van der Waals surface area contributed by atoms with E-state index < -0.39 is 39.9 Å². The maximum atomic E-state index is 13.6. The Hall–Kier alpha value is -6.73. The number of fused-ring (bicyclic) bond motifs is 3. The molecule has 1 heterocycles. The zero-order chi connectivity index (χ0) is 53.1. The topological polar surface area (TPSA) is 281 Å². The number of hydrogen-bond acceptors (Lipinski definition) is 17. The number of sulfone groups is 2. The van der Waals surface area contributed by atoms with Crippen LogP contribution in [0, 0.1) is 24.0 Å². The number of nitrogens with one attached hydrogen (secondary N) is 1. The van der Waals surface area contributed by atoms with Crippen molar-refractivity contribution >= 4 is 78.0 Å². The van der Waals surface area contributed by atoms with Crippen LogP contribution in [0.3, 0.4) is 0 Å². The van der Waals surface area contributed by atoms with Gasteiger partial charge in [-0.3, -0.25) is 13.5 Å². The maximum Gasteiger partial charge on any atom is 1.00 e. The van der Waals surface area contributed by atoms with Gasteiger partial charge in [-0.2, -0.15) is 21.9 Å². The third-order valence-electron chi connectivity index (χ3n) is 11.1. The Labute approximate surface area is 455 Å². The Morgan fingerprint density at radius 3 is 1.53 bits per heavy atom. The number of benzene rings is 8. The molecule has 0 radical (unpaired) electrons. The molecule has 0 spiro atoms. The Balaban J connectivity index is 0.000000229. The molecule has 0 fully saturated rings. The van der Waals surface area contributed by atoms with E-state index in [-0.39, 0.29) is 86.3 Å². The van der Waals surface area contributed by atoms with Crippen LogP contribution in [0.4, 0.5) is 5.69 Å². The molecular formula is C52H47N4NaO14S4. The van der Waals surface area contributed by atoms with Crippen molar-refractivity contribution < 1.29 is 81.1 Å². The van der Waals surface area contributed by atoms with Crippen molar-refractivity contribution in [1.82, 2.24) is 10.2 Å². The van der Waals surface area contributed by atoms with E-state index in [1.807, 2.05) is 50.2 Å². The number of nitrogen functional groups attached to an aromatic ring is 1. The molecule has 0 bridgehead atoms. The molecule has 0 aliphatic heterocycles. The average Bonchev–Trinajstić information content (AvgIpc) is 3.82. The van der Waals surface area contributed by atoms with Crippen LogP contribution in [0.1, 0.15) is 16.7 Å². The molecule has 23 heteroatoms. The summed E-state index contributed by atoms with van der Waals surface area (Å²) in [6, 6.07) is 47.0. The molecule has 9 rings (SSSR count). The first kappa shape index (κ1) is 57.5. The molecule has 0 atom stereocenters. The molecule has 0 aliphatic carbocycles. The van der Waals surface area contributed by atoms with Crippen LogP contribution in [0.15, 0.2) is 200 Å². The van der Waals surface area contributed by atoms with Crippen LogP contribution in [0.5, 0.6) is 11.5 Å². The van der Waals surface area contributed by atoms with Crippen molar-refractivity contribution in [2.45, 2.75) is 44.2 Å². The molecule has 1 aromatic heterocycles. The molecule has 75 heavy (non-hydrogen) atoms. The summed E-state index contributed by atoms with van der Waals surface area (Å²) in [5, 5.41) is 19.0. The molecule has 0 saturated carbocycles. The summed E-state index contributed by atoms with van der Waals surface area (Å²) in [6.45, 7) is 3.20. The Bertz CT molecular complexity index is 3910. The van der Waals surface area contributed by atoms with Crippen molar-refractivity contribution in [1.29, 1.82) is 0 Å². The van der Waals surface area contributed by atoms with E-state index in [9.17, 15) is 33.7 Å². The van der Waals surface area contributed by atoms with Gasteiger partial charge in [0.2, 0.25) is 9.84 Å². The van der Waals surface area contributed by atoms with Crippen molar-refractivity contribution in [3.8, 4) is 11.5 Å². The van der Waals surface area contributed by atoms with E-state index in [0.717, 1.165) is 27.2 Å². The number of aryl methyl sites for hydroxylation is 2. The fourth-order valence-electron chi connectivity index (χ4n) is 7.50. The SMILES string of the molecule is Cc1ccc(S(=O)(=O)OCCOc2ccc(N)c(CS(=O)(=O)c3cccc4ccccc34)c2)cc1.Cc1ccc(S(=O)(=O)OCCOc2ccc3n[nH]c(S(=O)(=O)c4cccc5ccccc45)c3c2)cc1.O=N[O-].[Na+]. The third kappa shape index (κ3) is 14.4. The second-order valence-corrected chi connectivity index (χ2v) is 23.3. The number of nitrogens with two attached hydrogens (primary N) is 1. The molecule has 384 valence electrons. The van der Waals surface area contributed by atoms with Gasteiger partial charge in [0.05, 0.1) is 30.9 Å². The van der Waals surface area contributed by atoms with E-state index in [4.69, 9.17) is 33.7 Å². The van der Waals surface area contributed by atoms with Gasteiger partial charge < -0.3 is 25.3 Å². The largest absolute Gasteiger partial charge is 1.00 e. The number of hydrogen-bond donors (Lipinski definition) is 2. The standard InChI is InChI=1S/C26H22N2O6S2.C26H25NO6S2.HNO2.Na/c1-18-9-12-21(13-10-18)36(31,32)34-16-15-33-20-11-14-24-23(17-20)26(28-27-24)35(29,30)25-8-4-6-19-5-2-3-7-22(19)25;1-19-9-12-23(13-10-19)35(30,31)33-16-15-32-22-11-14-25(27)21(17-22)18-34(28,29)26-8-4-6-20-5-2-3-7-24(20)26;2-1-3;/h2-14,17H,15-16H2,1H3,(H,27,28);2-14,17H,15-16,18,27H2,1H3;(H,2,3);/q;;;+1/p-1. The molecule has 0 amide bonds. The number of ether oxygens (including phenoxy) is 2. The first-order chi connectivity index (χ1) is 35.3. The molecule has 8 aromatic carbocycles. The fourth-order valence-corrected chi connectivity index (χ4v) is 12.5. The van der Waals surface area contributed by atoms with Crippen LogP contribution in [0.25, 0.3) is 32.4 Å². The number of aromatic amines is 1. The Kier molecular flexibility index (Phi) is 19.3. The quantitative estimate of drug-likeness (QED) is 0.0250. The van der Waals surface area contributed by atoms with Gasteiger partial charge in [-0.1, -0.05) is 108 Å². The molecule has 9 aromatic rings. The number of H-pyrrole nitrogens is 1. The summed E-state index contributed by atoms with van der Waals surface area (Å²) in [5.74, 6) is 0.413. The predicted octanol–water partition coefficient (Wildman–Crippen LogP) is 6.38. The first-order valence-corrected chi connectivity index (χ1v) is 28.2. The molecule has 0 saturated heterocycles. The summed E-state index contributed by atoms with van der Waals surface area (Å²) in [5.41, 5.74) is 9.10. The number of nitrogens with zero attached hydrogens (tertiary/aromatic N) is 2. The van der Waals surface area contributed by atoms with Crippen LogP contribution >= 0.6 is 0 Å². The second kappa shape index (κ2) is 25.2. The van der Waals surface area contributed by atoms with Gasteiger partial charge in [-0.15, -0.1) is 5.34 Å². The van der Waals surface area contributed by atoms with Crippen molar-refractivity contribution in [2.24, 2.45) is 5.34 Å². The number of anilines is 1. The van der Waals surface area contributed by atoms with E-state index >= 15 is 0 Å². The van der Waals surface area contributed by atoms with Gasteiger partial charge in [-0.05, 0) is 103 Å². The maximum absolute atomic E-state index is 13.6. The minimum atomic E-state index is -3.92. The van der Waals surface area contributed by atoms with Gasteiger partial charge in [0.1, 0.15) is 37.9 Å². The monoisotopic (exact) mass is 1100 g/mol. The van der Waals surface area contributed by atoms with Gasteiger partial charge in [0, 0.05) is 21.8 Å². The summed E-state index contributed by atoms with van der Waals surface area (Å²) in [6.07, 6.45) is 0. The van der Waals surface area contributed by atoms with Gasteiger partial charge in [0.15, 0.2) is 14.9 Å². The molecular weight excluding hydrogens is 1060 g/mol. The minimum absolute atomic E-state index is 0. The van der Waals surface area contributed by atoms with Crippen LogP contribution in [-0.4, -0.2) is 70.3 Å². The fraction of sp³-hybridized carbons (Fsp3) is 0.135. The molecule has 0 aliphatic rings. The summed E-state index contributed by atoms with van der Waals surface area (Å²) in [7, 11) is -15.4. The minimum Gasteiger partial charge on any atom is -0.491 e. The normalized spacial score (nSPS) is 11.7. The summed E-state index contributed by atoms with van der Waals surface area (Å²) in [4.78, 5) is 8.54. The molecule has 18 nitrogen and oxygen atoms in total. The predicted molar refractivity (Wildman–Crippen MR) is 280 cm³/mol. The zero-order valence-electron chi connectivity index (χ0n) is 40.5. The van der Waals surface area contributed by atoms with E-state index in [1.165, 1.54) is 24.3 Å². The smallest absolute Gasteiger partial charge is 0.491 e. The van der Waals surface area contributed by atoms with Gasteiger partial charge in [0.25, 0.3) is 20.2 Å². The van der Waals surface area contributed by atoms with Crippen molar-refractivity contribution in [2.75, 3.05) is 32.2 Å². The van der Waals surface area contributed by atoms with Gasteiger partial charge in [-0.25, -0.2) is 16.8 Å². The van der Waals surface area contributed by atoms with Crippen LogP contribution in [-0.2, 0) is 54.0 Å². The van der Waals surface area contributed by atoms with Crippen molar-refractivity contribution in [3.63, 3.8) is 0 Å². The Morgan fingerprint density at radius 2 is 1.00 bits per heavy atom. The van der Waals surface area contributed by atoms with E-state index in [0.29, 0.717) is 44.4 Å². The molecule has 3 N–H and O–H groups in total. The van der Waals surface area contributed by atoms with Crippen LogP contribution in [0.2, 0.25) is 0 Å². The average molecular weight is 1100 g/mol. The van der Waals surface area contributed by atoms with Gasteiger partial charge >= 0.3 is 29.6 Å².